The molecule has 1 aliphatic heterocycles. The van der Waals surface area contributed by atoms with E-state index >= 15 is 0 Å². The van der Waals surface area contributed by atoms with Crippen molar-refractivity contribution in [1.82, 2.24) is 5.32 Å². The maximum absolute atomic E-state index is 3.67. The summed E-state index contributed by atoms with van der Waals surface area (Å²) >= 11 is 1.95. The van der Waals surface area contributed by atoms with Gasteiger partial charge in [-0.25, -0.2) is 0 Å². The number of nitrogens with one attached hydrogen (secondary N) is 1. The summed E-state index contributed by atoms with van der Waals surface area (Å²) in [6.45, 7) is 0.924. The lowest BCUT2D eigenvalue weighted by molar-refractivity contribution is 0.584. The summed E-state index contributed by atoms with van der Waals surface area (Å²) < 4.78 is 0. The molecule has 1 atom stereocenters. The van der Waals surface area contributed by atoms with E-state index in [1.807, 2.05) is 11.8 Å². The van der Waals surface area contributed by atoms with E-state index < -0.39 is 0 Å². The number of fused-ring (bicyclic) bond motifs is 1. The zero-order chi connectivity index (χ0) is 13.9. The Hall–Kier alpha value is -1.45. The number of benzene rings is 2. The summed E-state index contributed by atoms with van der Waals surface area (Å²) in [7, 11) is 4.14. The fourth-order valence-electron chi connectivity index (χ4n) is 2.48. The van der Waals surface area contributed by atoms with E-state index in [9.17, 15) is 0 Å². The van der Waals surface area contributed by atoms with Crippen LogP contribution in [0.2, 0.25) is 0 Å². The monoisotopic (exact) mass is 284 g/mol. The molecule has 2 aromatic rings. The van der Waals surface area contributed by atoms with Crippen molar-refractivity contribution in [2.75, 3.05) is 24.7 Å². The molecule has 0 amide bonds. The van der Waals surface area contributed by atoms with E-state index in [-0.39, 0.29) is 0 Å². The minimum atomic E-state index is 0.477. The van der Waals surface area contributed by atoms with Gasteiger partial charge in [0.1, 0.15) is 0 Å². The number of hydrogen-bond acceptors (Lipinski definition) is 3. The third-order valence-electron chi connectivity index (χ3n) is 3.71. The summed E-state index contributed by atoms with van der Waals surface area (Å²) in [4.78, 5) is 3.55. The molecule has 1 N–H and O–H groups in total. The molecular formula is C17H20N2S. The predicted molar refractivity (Wildman–Crippen MR) is 87.5 cm³/mol. The SMILES string of the molecule is CN(C)c1ccc(CNC2CSc3ccccc32)cc1. The van der Waals surface area contributed by atoms with Crippen molar-refractivity contribution in [3.05, 3.63) is 59.7 Å². The second-order valence-electron chi connectivity index (χ2n) is 5.34. The first kappa shape index (κ1) is 13.5. The molecule has 1 aliphatic rings. The Bertz CT molecular complexity index is 578. The summed E-state index contributed by atoms with van der Waals surface area (Å²) in [5.41, 5.74) is 4.03. The maximum Gasteiger partial charge on any atom is 0.0429 e. The summed E-state index contributed by atoms with van der Waals surface area (Å²) in [5.74, 6) is 1.13. The molecule has 0 aromatic heterocycles. The van der Waals surface area contributed by atoms with Gasteiger partial charge in [0.2, 0.25) is 0 Å². The molecule has 1 unspecified atom stereocenters. The molecule has 2 nitrogen and oxygen atoms in total. The molecule has 3 rings (SSSR count). The minimum absolute atomic E-state index is 0.477. The zero-order valence-corrected chi connectivity index (χ0v) is 12.8. The number of thioether (sulfide) groups is 1. The van der Waals surface area contributed by atoms with Crippen LogP contribution in [0.4, 0.5) is 5.69 Å². The molecular weight excluding hydrogens is 264 g/mol. The molecule has 2 aromatic carbocycles. The number of nitrogens with zero attached hydrogens (tertiary/aromatic N) is 1. The molecule has 0 spiro atoms. The van der Waals surface area contributed by atoms with Crippen LogP contribution in [0, 0.1) is 0 Å². The highest BCUT2D eigenvalue weighted by atomic mass is 32.2. The van der Waals surface area contributed by atoms with Gasteiger partial charge in [0.05, 0.1) is 0 Å². The highest BCUT2D eigenvalue weighted by Gasteiger charge is 2.21. The molecule has 20 heavy (non-hydrogen) atoms. The van der Waals surface area contributed by atoms with Crippen LogP contribution in [-0.2, 0) is 6.54 Å². The number of anilines is 1. The third-order valence-corrected chi connectivity index (χ3v) is 4.89. The highest BCUT2D eigenvalue weighted by molar-refractivity contribution is 7.99. The van der Waals surface area contributed by atoms with Crippen molar-refractivity contribution in [2.24, 2.45) is 0 Å². The van der Waals surface area contributed by atoms with E-state index in [4.69, 9.17) is 0 Å². The van der Waals surface area contributed by atoms with E-state index in [0.717, 1.165) is 12.3 Å². The number of rotatable bonds is 4. The Morgan fingerprint density at radius 1 is 1.10 bits per heavy atom. The second-order valence-corrected chi connectivity index (χ2v) is 6.41. The lowest BCUT2D eigenvalue weighted by Gasteiger charge is -2.15. The van der Waals surface area contributed by atoms with Gasteiger partial charge in [0, 0.05) is 43.0 Å². The van der Waals surface area contributed by atoms with Gasteiger partial charge < -0.3 is 10.2 Å². The van der Waals surface area contributed by atoms with Crippen LogP contribution in [0.15, 0.2) is 53.4 Å². The molecule has 0 saturated carbocycles. The Kier molecular flexibility index (Phi) is 3.99. The van der Waals surface area contributed by atoms with Crippen molar-refractivity contribution >= 4 is 17.4 Å². The molecule has 0 saturated heterocycles. The third kappa shape index (κ3) is 2.84. The second kappa shape index (κ2) is 5.90. The topological polar surface area (TPSA) is 15.3 Å². The lowest BCUT2D eigenvalue weighted by Crippen LogP contribution is -2.20. The molecule has 0 fully saturated rings. The first-order chi connectivity index (χ1) is 9.74. The molecule has 104 valence electrons. The largest absolute Gasteiger partial charge is 0.378 e. The lowest BCUT2D eigenvalue weighted by atomic mass is 10.1. The first-order valence-electron chi connectivity index (χ1n) is 6.95. The molecule has 0 radical (unpaired) electrons. The smallest absolute Gasteiger partial charge is 0.0429 e. The average Bonchev–Trinajstić information content (AvgIpc) is 2.89. The van der Waals surface area contributed by atoms with Gasteiger partial charge in [-0.15, -0.1) is 11.8 Å². The van der Waals surface area contributed by atoms with Crippen LogP contribution in [0.5, 0.6) is 0 Å². The van der Waals surface area contributed by atoms with E-state index in [0.29, 0.717) is 6.04 Å². The maximum atomic E-state index is 3.67. The van der Waals surface area contributed by atoms with Crippen molar-refractivity contribution < 1.29 is 0 Å². The van der Waals surface area contributed by atoms with Gasteiger partial charge in [0.25, 0.3) is 0 Å². The average molecular weight is 284 g/mol. The molecule has 3 heteroatoms. The van der Waals surface area contributed by atoms with Crippen molar-refractivity contribution in [3.8, 4) is 0 Å². The Morgan fingerprint density at radius 3 is 2.60 bits per heavy atom. The summed E-state index contributed by atoms with van der Waals surface area (Å²) in [5, 5.41) is 3.67. The van der Waals surface area contributed by atoms with Crippen LogP contribution in [0.1, 0.15) is 17.2 Å². The molecule has 0 bridgehead atoms. The van der Waals surface area contributed by atoms with Gasteiger partial charge in [-0.1, -0.05) is 30.3 Å². The molecule has 1 heterocycles. The fraction of sp³-hybridized carbons (Fsp3) is 0.294. The van der Waals surface area contributed by atoms with Gasteiger partial charge in [-0.05, 0) is 29.3 Å². The molecule has 0 aliphatic carbocycles. The minimum Gasteiger partial charge on any atom is -0.378 e. The Balaban J connectivity index is 1.63. The van der Waals surface area contributed by atoms with Crippen LogP contribution < -0.4 is 10.2 Å². The van der Waals surface area contributed by atoms with Crippen molar-refractivity contribution in [2.45, 2.75) is 17.5 Å². The van der Waals surface area contributed by atoms with Gasteiger partial charge in [-0.3, -0.25) is 0 Å². The fourth-order valence-corrected chi connectivity index (χ4v) is 3.68. The summed E-state index contributed by atoms with van der Waals surface area (Å²) in [6.07, 6.45) is 0. The van der Waals surface area contributed by atoms with E-state index in [1.54, 1.807) is 0 Å². The zero-order valence-electron chi connectivity index (χ0n) is 12.0. The van der Waals surface area contributed by atoms with Gasteiger partial charge in [0.15, 0.2) is 0 Å². The van der Waals surface area contributed by atoms with Crippen LogP contribution in [0.3, 0.4) is 0 Å². The van der Waals surface area contributed by atoms with Crippen LogP contribution in [0.25, 0.3) is 0 Å². The highest BCUT2D eigenvalue weighted by Crippen LogP contribution is 2.37. The summed E-state index contributed by atoms with van der Waals surface area (Å²) in [6, 6.07) is 17.9. The van der Waals surface area contributed by atoms with Gasteiger partial charge in [-0.2, -0.15) is 0 Å². The Labute approximate surface area is 125 Å². The van der Waals surface area contributed by atoms with E-state index in [2.05, 4.69) is 72.8 Å². The van der Waals surface area contributed by atoms with Crippen molar-refractivity contribution in [1.29, 1.82) is 0 Å². The first-order valence-corrected chi connectivity index (χ1v) is 7.94. The Morgan fingerprint density at radius 2 is 1.85 bits per heavy atom. The standard InChI is InChI=1S/C17H20N2S/c1-19(2)14-9-7-13(8-10-14)11-18-16-12-20-17-6-4-3-5-15(16)17/h3-10,16,18H,11-12H2,1-2H3. The van der Waals surface area contributed by atoms with Crippen LogP contribution >= 0.6 is 11.8 Å². The quantitative estimate of drug-likeness (QED) is 0.922. The van der Waals surface area contributed by atoms with Crippen molar-refractivity contribution in [3.63, 3.8) is 0 Å². The van der Waals surface area contributed by atoms with E-state index in [1.165, 1.54) is 21.7 Å². The van der Waals surface area contributed by atoms with Crippen LogP contribution in [-0.4, -0.2) is 19.8 Å². The predicted octanol–water partition coefficient (Wildman–Crippen LogP) is 3.69. The normalized spacial score (nSPS) is 17.0. The number of hydrogen-bond donors (Lipinski definition) is 1. The van der Waals surface area contributed by atoms with Gasteiger partial charge >= 0.3 is 0 Å².